The first-order valence-corrected chi connectivity index (χ1v) is 7.70. The zero-order chi connectivity index (χ0) is 18.5. The van der Waals surface area contributed by atoms with Crippen molar-refractivity contribution < 1.29 is 23.5 Å². The van der Waals surface area contributed by atoms with E-state index in [1.807, 2.05) is 6.07 Å². The van der Waals surface area contributed by atoms with Crippen LogP contribution in [0.15, 0.2) is 59.3 Å². The fraction of sp³-hybridized carbons (Fsp3) is 0.105. The number of hydrogen-bond donors (Lipinski definition) is 1. The second kappa shape index (κ2) is 7.52. The molecule has 7 heteroatoms. The molecule has 1 amide bonds. The van der Waals surface area contributed by atoms with Crippen molar-refractivity contribution >= 4 is 17.6 Å². The van der Waals surface area contributed by atoms with Gasteiger partial charge in [-0.3, -0.25) is 4.79 Å². The molecule has 0 atom stereocenters. The van der Waals surface area contributed by atoms with Crippen LogP contribution in [0.2, 0.25) is 0 Å². The van der Waals surface area contributed by atoms with Gasteiger partial charge in [0.1, 0.15) is 17.6 Å². The molecule has 2 aromatic carbocycles. The van der Waals surface area contributed by atoms with Crippen LogP contribution in [0.25, 0.3) is 11.5 Å². The Morgan fingerprint density at radius 1 is 1.12 bits per heavy atom. The Labute approximate surface area is 149 Å². The van der Waals surface area contributed by atoms with Crippen molar-refractivity contribution in [2.45, 2.75) is 0 Å². The predicted molar refractivity (Wildman–Crippen MR) is 94.2 cm³/mol. The van der Waals surface area contributed by atoms with Crippen LogP contribution >= 0.6 is 0 Å². The molecule has 26 heavy (non-hydrogen) atoms. The van der Waals surface area contributed by atoms with E-state index < -0.39 is 5.97 Å². The third-order valence-electron chi connectivity index (χ3n) is 3.71. The van der Waals surface area contributed by atoms with Gasteiger partial charge in [0.05, 0.1) is 31.7 Å². The van der Waals surface area contributed by atoms with E-state index >= 15 is 0 Å². The number of nitrogens with zero attached hydrogens (tertiary/aromatic N) is 1. The molecule has 1 heterocycles. The van der Waals surface area contributed by atoms with Gasteiger partial charge in [-0.1, -0.05) is 12.1 Å². The highest BCUT2D eigenvalue weighted by Crippen LogP contribution is 2.27. The molecule has 0 unspecified atom stereocenters. The van der Waals surface area contributed by atoms with Crippen LogP contribution in [-0.2, 0) is 4.74 Å². The van der Waals surface area contributed by atoms with Crippen molar-refractivity contribution in [3.63, 3.8) is 0 Å². The number of carbonyl (C=O) groups excluding carboxylic acids is 2. The van der Waals surface area contributed by atoms with Gasteiger partial charge in [-0.2, -0.15) is 0 Å². The van der Waals surface area contributed by atoms with Crippen molar-refractivity contribution in [1.82, 2.24) is 4.98 Å². The average Bonchev–Trinajstić information content (AvgIpc) is 3.21. The van der Waals surface area contributed by atoms with E-state index in [0.29, 0.717) is 22.7 Å². The second-order valence-electron chi connectivity index (χ2n) is 5.24. The molecule has 0 spiro atoms. The normalized spacial score (nSPS) is 10.2. The van der Waals surface area contributed by atoms with Crippen LogP contribution in [0.4, 0.5) is 5.69 Å². The standard InChI is InChI=1S/C19H16N2O5/c1-24-16-11-12(7-8-14(16)19(23)25-2)17(22)21-15-6-4-3-5-13(15)18-20-9-10-26-18/h3-11H,1-2H3,(H,21,22). The number of carbonyl (C=O) groups is 2. The Hall–Kier alpha value is -3.61. The molecule has 0 aliphatic carbocycles. The zero-order valence-electron chi connectivity index (χ0n) is 14.2. The van der Waals surface area contributed by atoms with E-state index in [0.717, 1.165) is 0 Å². The summed E-state index contributed by atoms with van der Waals surface area (Å²) in [7, 11) is 2.70. The highest BCUT2D eigenvalue weighted by molar-refractivity contribution is 6.07. The van der Waals surface area contributed by atoms with E-state index in [1.54, 1.807) is 18.2 Å². The van der Waals surface area contributed by atoms with Gasteiger partial charge in [0.15, 0.2) is 0 Å². The molecular weight excluding hydrogens is 336 g/mol. The number of amides is 1. The average molecular weight is 352 g/mol. The summed E-state index contributed by atoms with van der Waals surface area (Å²) in [4.78, 5) is 28.4. The number of methoxy groups -OCH3 is 2. The maximum Gasteiger partial charge on any atom is 0.341 e. The maximum atomic E-state index is 12.6. The number of ether oxygens (including phenoxy) is 2. The SMILES string of the molecule is COC(=O)c1ccc(C(=O)Nc2ccccc2-c2ncco2)cc1OC. The molecule has 0 saturated heterocycles. The van der Waals surface area contributed by atoms with Gasteiger partial charge in [0, 0.05) is 5.56 Å². The Morgan fingerprint density at radius 2 is 1.92 bits per heavy atom. The number of hydrogen-bond acceptors (Lipinski definition) is 6. The van der Waals surface area contributed by atoms with Crippen molar-refractivity contribution in [3.05, 3.63) is 66.1 Å². The fourth-order valence-electron chi connectivity index (χ4n) is 2.44. The number of esters is 1. The van der Waals surface area contributed by atoms with Gasteiger partial charge < -0.3 is 19.2 Å². The molecule has 0 bridgehead atoms. The van der Waals surface area contributed by atoms with Crippen LogP contribution in [-0.4, -0.2) is 31.1 Å². The highest BCUT2D eigenvalue weighted by atomic mass is 16.5. The lowest BCUT2D eigenvalue weighted by molar-refractivity contribution is 0.0596. The first-order valence-electron chi connectivity index (χ1n) is 7.70. The van der Waals surface area contributed by atoms with Crippen LogP contribution in [0.3, 0.4) is 0 Å². The maximum absolute atomic E-state index is 12.6. The molecule has 1 aromatic heterocycles. The number of oxazole rings is 1. The quantitative estimate of drug-likeness (QED) is 0.708. The van der Waals surface area contributed by atoms with Gasteiger partial charge in [-0.05, 0) is 30.3 Å². The summed E-state index contributed by atoms with van der Waals surface area (Å²) < 4.78 is 15.2. The Kier molecular flexibility index (Phi) is 4.98. The van der Waals surface area contributed by atoms with Crippen molar-refractivity contribution in [3.8, 4) is 17.2 Å². The van der Waals surface area contributed by atoms with Crippen molar-refractivity contribution in [2.75, 3.05) is 19.5 Å². The zero-order valence-corrected chi connectivity index (χ0v) is 14.2. The third kappa shape index (κ3) is 3.41. The summed E-state index contributed by atoms with van der Waals surface area (Å²) in [6.45, 7) is 0. The van der Waals surface area contributed by atoms with Gasteiger partial charge in [-0.15, -0.1) is 0 Å². The summed E-state index contributed by atoms with van der Waals surface area (Å²) >= 11 is 0. The molecule has 0 fully saturated rings. The summed E-state index contributed by atoms with van der Waals surface area (Å²) in [5, 5.41) is 2.82. The molecule has 3 aromatic rings. The second-order valence-corrected chi connectivity index (χ2v) is 5.24. The molecule has 7 nitrogen and oxygen atoms in total. The van der Waals surface area contributed by atoms with Gasteiger partial charge in [-0.25, -0.2) is 9.78 Å². The minimum absolute atomic E-state index is 0.242. The van der Waals surface area contributed by atoms with E-state index in [1.165, 1.54) is 44.9 Å². The molecule has 132 valence electrons. The Balaban J connectivity index is 1.89. The van der Waals surface area contributed by atoms with Gasteiger partial charge in [0.25, 0.3) is 5.91 Å². The summed E-state index contributed by atoms with van der Waals surface area (Å²) in [6, 6.07) is 11.7. The third-order valence-corrected chi connectivity index (χ3v) is 3.71. The minimum atomic E-state index is -0.539. The highest BCUT2D eigenvalue weighted by Gasteiger charge is 2.17. The van der Waals surface area contributed by atoms with E-state index in [4.69, 9.17) is 13.9 Å². The number of para-hydroxylation sites is 1. The largest absolute Gasteiger partial charge is 0.496 e. The molecule has 0 aliphatic heterocycles. The lowest BCUT2D eigenvalue weighted by Gasteiger charge is -2.11. The number of nitrogens with one attached hydrogen (secondary N) is 1. The van der Waals surface area contributed by atoms with Crippen LogP contribution < -0.4 is 10.1 Å². The molecule has 0 radical (unpaired) electrons. The van der Waals surface area contributed by atoms with E-state index in [2.05, 4.69) is 10.3 Å². The van der Waals surface area contributed by atoms with Gasteiger partial charge >= 0.3 is 5.97 Å². The molecular formula is C19H16N2O5. The number of anilines is 1. The smallest absolute Gasteiger partial charge is 0.341 e. The predicted octanol–water partition coefficient (Wildman–Crippen LogP) is 3.39. The molecule has 0 saturated carbocycles. The fourth-order valence-corrected chi connectivity index (χ4v) is 2.44. The van der Waals surface area contributed by atoms with Crippen LogP contribution in [0, 0.1) is 0 Å². The van der Waals surface area contributed by atoms with E-state index in [-0.39, 0.29) is 17.2 Å². The molecule has 3 rings (SSSR count). The minimum Gasteiger partial charge on any atom is -0.496 e. The number of benzene rings is 2. The van der Waals surface area contributed by atoms with E-state index in [9.17, 15) is 9.59 Å². The molecule has 0 aliphatic rings. The first-order chi connectivity index (χ1) is 12.6. The Morgan fingerprint density at radius 3 is 2.62 bits per heavy atom. The first kappa shape index (κ1) is 17.2. The Bertz CT molecular complexity index is 935. The number of aromatic nitrogens is 1. The van der Waals surface area contributed by atoms with Gasteiger partial charge in [0.2, 0.25) is 5.89 Å². The van der Waals surface area contributed by atoms with Crippen LogP contribution in [0.1, 0.15) is 20.7 Å². The van der Waals surface area contributed by atoms with Crippen LogP contribution in [0.5, 0.6) is 5.75 Å². The molecule has 1 N–H and O–H groups in total. The van der Waals surface area contributed by atoms with Crippen molar-refractivity contribution in [1.29, 1.82) is 0 Å². The lowest BCUT2D eigenvalue weighted by atomic mass is 10.1. The summed E-state index contributed by atoms with van der Waals surface area (Å²) in [6.07, 6.45) is 2.99. The number of rotatable bonds is 5. The lowest BCUT2D eigenvalue weighted by Crippen LogP contribution is -2.14. The topological polar surface area (TPSA) is 90.7 Å². The monoisotopic (exact) mass is 352 g/mol. The van der Waals surface area contributed by atoms with Crippen molar-refractivity contribution in [2.24, 2.45) is 0 Å². The summed E-state index contributed by atoms with van der Waals surface area (Å²) in [5.74, 6) is -0.244. The summed E-state index contributed by atoms with van der Waals surface area (Å²) in [5.41, 5.74) is 1.78.